The Morgan fingerprint density at radius 3 is 2.26 bits per heavy atom. The van der Waals surface area contributed by atoms with E-state index in [1.807, 2.05) is 0 Å². The highest BCUT2D eigenvalue weighted by atomic mass is 35.5. The molecule has 0 aromatic heterocycles. The maximum absolute atomic E-state index is 13.1. The van der Waals surface area contributed by atoms with Crippen molar-refractivity contribution in [3.05, 3.63) is 59.1 Å². The summed E-state index contributed by atoms with van der Waals surface area (Å²) in [5.41, 5.74) is 11.6. The number of benzene rings is 2. The van der Waals surface area contributed by atoms with Gasteiger partial charge in [0, 0.05) is 24.4 Å². The maximum atomic E-state index is 13.1. The zero-order chi connectivity index (χ0) is 28.5. The first-order chi connectivity index (χ1) is 17.8. The lowest BCUT2D eigenvalue weighted by Crippen LogP contribution is -2.47. The number of carboxylic acids is 1. The number of carbonyl (C=O) groups excluding carboxylic acids is 2. The van der Waals surface area contributed by atoms with Gasteiger partial charge in [0.05, 0.1) is 11.3 Å². The van der Waals surface area contributed by atoms with E-state index >= 15 is 0 Å². The summed E-state index contributed by atoms with van der Waals surface area (Å²) in [5.74, 6) is -2.92. The molecule has 0 heterocycles. The van der Waals surface area contributed by atoms with Gasteiger partial charge in [-0.2, -0.15) is 0 Å². The molecular weight excluding hydrogens is 538 g/mol. The minimum atomic E-state index is -3.37. The summed E-state index contributed by atoms with van der Waals surface area (Å²) in [4.78, 5) is 37.8. The van der Waals surface area contributed by atoms with Crippen LogP contribution in [-0.4, -0.2) is 67.1 Å². The van der Waals surface area contributed by atoms with Crippen molar-refractivity contribution in [2.75, 3.05) is 12.8 Å². The van der Waals surface area contributed by atoms with E-state index in [4.69, 9.17) is 38.3 Å². The van der Waals surface area contributed by atoms with Crippen LogP contribution in [0.3, 0.4) is 0 Å². The van der Waals surface area contributed by atoms with E-state index in [1.54, 1.807) is 36.4 Å². The van der Waals surface area contributed by atoms with Crippen molar-refractivity contribution in [3.8, 4) is 5.75 Å². The zero-order valence-electron chi connectivity index (χ0n) is 20.6. The average Bonchev–Trinajstić information content (AvgIpc) is 2.84. The van der Waals surface area contributed by atoms with Crippen molar-refractivity contribution in [3.63, 3.8) is 0 Å². The predicted molar refractivity (Wildman–Crippen MR) is 140 cm³/mol. The molecule has 2 atom stereocenters. The van der Waals surface area contributed by atoms with Crippen LogP contribution in [0.2, 0.25) is 5.02 Å². The van der Waals surface area contributed by atoms with Gasteiger partial charge in [-0.1, -0.05) is 23.7 Å². The Hall–Kier alpha value is -3.52. The number of carboxylic acid groups (broad SMARTS) is 1. The molecule has 0 aliphatic heterocycles. The number of hydrogen-bond acceptors (Lipinski definition) is 9. The minimum Gasteiger partial charge on any atom is -0.480 e. The fraction of sp³-hybridized carbons (Fsp3) is 0.333. The standard InChI is InChI=1S/C24H30ClN5O7S/c1-38(35,36)18-10-4-15(5-11-18)14-29-22(37-17-8-6-16(25)7-9-17)20(31)13-21(32)30(24(27)28)12-2-3-19(26)23(33)34/h4-11,19,22,29H,2-3,12-14,26H2,1H3,(H3,27,28)(H,33,34). The third-order valence-corrected chi connectivity index (χ3v) is 6.71. The molecule has 0 spiro atoms. The number of ketones is 1. The van der Waals surface area contributed by atoms with Crippen molar-refractivity contribution in [1.82, 2.24) is 10.2 Å². The van der Waals surface area contributed by atoms with Crippen LogP contribution in [0.5, 0.6) is 5.75 Å². The third-order valence-electron chi connectivity index (χ3n) is 5.33. The quantitative estimate of drug-likeness (QED) is 0.0950. The molecule has 0 aliphatic carbocycles. The lowest BCUT2D eigenvalue weighted by molar-refractivity contribution is -0.138. The minimum absolute atomic E-state index is 0.0440. The molecule has 2 aromatic carbocycles. The summed E-state index contributed by atoms with van der Waals surface area (Å²) in [5, 5.41) is 19.9. The number of sulfone groups is 1. The Balaban J connectivity index is 2.12. The van der Waals surface area contributed by atoms with Crippen LogP contribution in [-0.2, 0) is 30.8 Å². The maximum Gasteiger partial charge on any atom is 0.320 e. The second-order valence-corrected chi connectivity index (χ2v) is 10.9. The van der Waals surface area contributed by atoms with Crippen molar-refractivity contribution in [1.29, 1.82) is 5.41 Å². The van der Waals surface area contributed by atoms with E-state index < -0.39 is 52.1 Å². The van der Waals surface area contributed by atoms with Gasteiger partial charge < -0.3 is 21.3 Å². The van der Waals surface area contributed by atoms with E-state index in [9.17, 15) is 22.8 Å². The third kappa shape index (κ3) is 9.74. The normalized spacial score (nSPS) is 12.8. The number of ether oxygens (including phenoxy) is 1. The van der Waals surface area contributed by atoms with E-state index in [0.717, 1.165) is 11.2 Å². The van der Waals surface area contributed by atoms with Gasteiger partial charge in [-0.15, -0.1) is 0 Å². The molecule has 2 unspecified atom stereocenters. The number of nitrogens with zero attached hydrogens (tertiary/aromatic N) is 1. The number of halogens is 1. The monoisotopic (exact) mass is 567 g/mol. The van der Waals surface area contributed by atoms with Crippen molar-refractivity contribution in [2.24, 2.45) is 11.5 Å². The largest absolute Gasteiger partial charge is 0.480 e. The smallest absolute Gasteiger partial charge is 0.320 e. The Labute approximate surface area is 225 Å². The molecule has 1 amide bonds. The molecule has 7 N–H and O–H groups in total. The van der Waals surface area contributed by atoms with E-state index in [0.29, 0.717) is 16.3 Å². The van der Waals surface area contributed by atoms with Gasteiger partial charge in [-0.05, 0) is 54.8 Å². The summed E-state index contributed by atoms with van der Waals surface area (Å²) < 4.78 is 29.1. The Bertz CT molecular complexity index is 1250. The highest BCUT2D eigenvalue weighted by Gasteiger charge is 2.27. The predicted octanol–water partition coefficient (Wildman–Crippen LogP) is 1.11. The number of aliphatic carboxylic acids is 1. The number of nitrogens with one attached hydrogen (secondary N) is 2. The molecule has 206 valence electrons. The van der Waals surface area contributed by atoms with Crippen LogP contribution in [0.25, 0.3) is 0 Å². The van der Waals surface area contributed by atoms with Gasteiger partial charge in [0.25, 0.3) is 0 Å². The number of carbonyl (C=O) groups is 3. The van der Waals surface area contributed by atoms with E-state index in [1.165, 1.54) is 12.1 Å². The lowest BCUT2D eigenvalue weighted by atomic mass is 10.1. The molecule has 0 radical (unpaired) electrons. The summed E-state index contributed by atoms with van der Waals surface area (Å²) >= 11 is 5.91. The highest BCUT2D eigenvalue weighted by Crippen LogP contribution is 2.18. The van der Waals surface area contributed by atoms with Gasteiger partial charge in [-0.25, -0.2) is 8.42 Å². The molecule has 0 saturated carbocycles. The first-order valence-electron chi connectivity index (χ1n) is 11.4. The van der Waals surface area contributed by atoms with Gasteiger partial charge in [-0.3, -0.25) is 30.0 Å². The molecule has 2 rings (SSSR count). The summed E-state index contributed by atoms with van der Waals surface area (Å²) in [6, 6.07) is 11.1. The first kappa shape index (κ1) is 30.7. The van der Waals surface area contributed by atoms with Crippen LogP contribution >= 0.6 is 11.6 Å². The summed E-state index contributed by atoms with van der Waals surface area (Å²) in [6.07, 6.45) is -0.662. The van der Waals surface area contributed by atoms with Gasteiger partial charge in [0.1, 0.15) is 11.8 Å². The van der Waals surface area contributed by atoms with Gasteiger partial charge >= 0.3 is 5.97 Å². The fourth-order valence-corrected chi connectivity index (χ4v) is 4.00. The van der Waals surface area contributed by atoms with Crippen molar-refractivity contribution >= 4 is 45.1 Å². The summed E-state index contributed by atoms with van der Waals surface area (Å²) in [7, 11) is -3.37. The molecule has 0 saturated heterocycles. The molecule has 12 nitrogen and oxygen atoms in total. The number of rotatable bonds is 14. The lowest BCUT2D eigenvalue weighted by Gasteiger charge is -2.23. The molecule has 2 aromatic rings. The van der Waals surface area contributed by atoms with Gasteiger partial charge in [0.15, 0.2) is 21.6 Å². The number of nitrogens with two attached hydrogens (primary N) is 2. The number of guanidine groups is 1. The second kappa shape index (κ2) is 13.9. The van der Waals surface area contributed by atoms with E-state index in [-0.39, 0.29) is 30.8 Å². The summed E-state index contributed by atoms with van der Waals surface area (Å²) in [6.45, 7) is 0.0109. The van der Waals surface area contributed by atoms with Crippen LogP contribution in [0.15, 0.2) is 53.4 Å². The van der Waals surface area contributed by atoms with Crippen LogP contribution in [0, 0.1) is 5.41 Å². The van der Waals surface area contributed by atoms with Gasteiger partial charge in [0.2, 0.25) is 12.1 Å². The van der Waals surface area contributed by atoms with Crippen LogP contribution in [0.4, 0.5) is 0 Å². The van der Waals surface area contributed by atoms with Crippen LogP contribution < -0.4 is 21.5 Å². The highest BCUT2D eigenvalue weighted by molar-refractivity contribution is 7.90. The fourth-order valence-electron chi connectivity index (χ4n) is 3.24. The number of hydrogen-bond donors (Lipinski definition) is 5. The molecule has 0 fully saturated rings. The van der Waals surface area contributed by atoms with Crippen molar-refractivity contribution < 1.29 is 32.6 Å². The number of Topliss-reactive ketones (excluding diaryl/α,β-unsaturated/α-hetero) is 1. The van der Waals surface area contributed by atoms with E-state index in [2.05, 4.69) is 5.32 Å². The molecular formula is C24H30ClN5O7S. The molecule has 0 bridgehead atoms. The SMILES string of the molecule is CS(=O)(=O)c1ccc(CNC(Oc2ccc(Cl)cc2)C(=O)CC(=O)N(CCCC(N)C(=O)O)C(=N)N)cc1. The van der Waals surface area contributed by atoms with Crippen LogP contribution in [0.1, 0.15) is 24.8 Å². The Morgan fingerprint density at radius 2 is 1.74 bits per heavy atom. The van der Waals surface area contributed by atoms with Crippen molar-refractivity contribution in [2.45, 2.75) is 43.0 Å². The molecule has 38 heavy (non-hydrogen) atoms. The Kier molecular flexibility index (Phi) is 11.2. The average molecular weight is 568 g/mol. The molecule has 0 aliphatic rings. The topological polar surface area (TPSA) is 206 Å². The molecule has 14 heteroatoms. The number of amides is 1. The first-order valence-corrected chi connectivity index (χ1v) is 13.6. The second-order valence-electron chi connectivity index (χ2n) is 8.41. The zero-order valence-corrected chi connectivity index (χ0v) is 22.2. The Morgan fingerprint density at radius 1 is 1.13 bits per heavy atom.